The molecule has 0 aliphatic rings. The summed E-state index contributed by atoms with van der Waals surface area (Å²) in [6, 6.07) is 17.4. The summed E-state index contributed by atoms with van der Waals surface area (Å²) in [5, 5.41) is 13.1. The van der Waals surface area contributed by atoms with Gasteiger partial charge in [0.25, 0.3) is 0 Å². The number of halogens is 3. The second-order valence-electron chi connectivity index (χ2n) is 6.55. The number of hydrogen-bond donors (Lipinski definition) is 0. The first-order valence-electron chi connectivity index (χ1n) is 8.94. The molecule has 0 aliphatic heterocycles. The van der Waals surface area contributed by atoms with Gasteiger partial charge in [0.2, 0.25) is 11.4 Å². The molecule has 0 atom stereocenters. The maximum Gasteiger partial charge on any atom is 0.440 e. The summed E-state index contributed by atoms with van der Waals surface area (Å²) in [6.45, 7) is 3.66. The van der Waals surface area contributed by atoms with Crippen LogP contribution >= 0.6 is 0 Å². The Bertz CT molecular complexity index is 1060. The van der Waals surface area contributed by atoms with Gasteiger partial charge in [-0.1, -0.05) is 42.5 Å². The normalized spacial score (nSPS) is 13.2. The molecular formula is C23H19F3N2O. The molecule has 0 bridgehead atoms. The smallest absolute Gasteiger partial charge is 0.440 e. The molecule has 0 unspecified atom stereocenters. The zero-order chi connectivity index (χ0) is 21.0. The largest absolute Gasteiger partial charge is 0.868 e. The SMILES string of the molecule is Cc1ccc(N=C(/C(=C(\[O-])c2ccccc2)[n+]2ccccc2)C(F)(F)F)cc1C. The molecule has 0 radical (unpaired) electrons. The number of nitrogens with zero attached hydrogens (tertiary/aromatic N) is 2. The average molecular weight is 396 g/mol. The second kappa shape index (κ2) is 8.31. The van der Waals surface area contributed by atoms with E-state index in [1.807, 2.05) is 6.92 Å². The van der Waals surface area contributed by atoms with E-state index in [4.69, 9.17) is 0 Å². The van der Waals surface area contributed by atoms with Crippen molar-refractivity contribution in [3.05, 3.63) is 95.8 Å². The third-order valence-corrected chi connectivity index (χ3v) is 4.45. The predicted molar refractivity (Wildman–Crippen MR) is 105 cm³/mol. The third-order valence-electron chi connectivity index (χ3n) is 4.45. The van der Waals surface area contributed by atoms with Crippen LogP contribution in [0.15, 0.2) is 84.1 Å². The fraction of sp³-hybridized carbons (Fsp3) is 0.130. The van der Waals surface area contributed by atoms with E-state index >= 15 is 0 Å². The van der Waals surface area contributed by atoms with E-state index in [2.05, 4.69) is 4.99 Å². The summed E-state index contributed by atoms with van der Waals surface area (Å²) in [7, 11) is 0. The van der Waals surface area contributed by atoms with Crippen molar-refractivity contribution in [2.24, 2.45) is 4.99 Å². The summed E-state index contributed by atoms with van der Waals surface area (Å²) in [5.41, 5.74) is 0.245. The number of aromatic nitrogens is 1. The number of rotatable bonds is 4. The molecule has 3 aromatic rings. The van der Waals surface area contributed by atoms with Gasteiger partial charge in [0.15, 0.2) is 12.4 Å². The molecule has 0 saturated heterocycles. The first kappa shape index (κ1) is 20.3. The Labute approximate surface area is 167 Å². The highest BCUT2D eigenvalue weighted by atomic mass is 19.4. The summed E-state index contributed by atoms with van der Waals surface area (Å²) in [4.78, 5) is 3.87. The number of hydrogen-bond acceptors (Lipinski definition) is 2. The minimum Gasteiger partial charge on any atom is -0.868 e. The Kier molecular flexibility index (Phi) is 5.82. The van der Waals surface area contributed by atoms with E-state index in [0.29, 0.717) is 0 Å². The predicted octanol–water partition coefficient (Wildman–Crippen LogP) is 4.61. The molecule has 0 amide bonds. The molecule has 0 saturated carbocycles. The number of pyridine rings is 1. The monoisotopic (exact) mass is 396 g/mol. The molecule has 2 aromatic carbocycles. The van der Waals surface area contributed by atoms with E-state index in [0.717, 1.165) is 15.7 Å². The number of aryl methyl sites for hydroxylation is 2. The minimum absolute atomic E-state index is 0.135. The minimum atomic E-state index is -4.83. The topological polar surface area (TPSA) is 39.3 Å². The van der Waals surface area contributed by atoms with E-state index < -0.39 is 23.3 Å². The van der Waals surface area contributed by atoms with E-state index in [9.17, 15) is 18.3 Å². The summed E-state index contributed by atoms with van der Waals surface area (Å²) in [5.74, 6) is -0.762. The molecule has 3 rings (SSSR count). The van der Waals surface area contributed by atoms with Crippen molar-refractivity contribution >= 4 is 22.9 Å². The Hall–Kier alpha value is -3.41. The first-order valence-corrected chi connectivity index (χ1v) is 8.94. The Balaban J connectivity index is 2.30. The van der Waals surface area contributed by atoms with Crippen LogP contribution in [0.5, 0.6) is 0 Å². The molecule has 1 aromatic heterocycles. The molecule has 0 spiro atoms. The van der Waals surface area contributed by atoms with Gasteiger partial charge >= 0.3 is 6.18 Å². The number of alkyl halides is 3. The van der Waals surface area contributed by atoms with Crippen molar-refractivity contribution < 1.29 is 22.8 Å². The zero-order valence-corrected chi connectivity index (χ0v) is 15.9. The molecule has 0 N–H and O–H groups in total. The second-order valence-corrected chi connectivity index (χ2v) is 6.55. The van der Waals surface area contributed by atoms with Crippen LogP contribution in [0, 0.1) is 13.8 Å². The Morgan fingerprint density at radius 2 is 1.48 bits per heavy atom. The van der Waals surface area contributed by atoms with Crippen LogP contribution in [0.4, 0.5) is 18.9 Å². The number of aliphatic imine (C=N–C) groups is 1. The highest BCUT2D eigenvalue weighted by Gasteiger charge is 2.43. The van der Waals surface area contributed by atoms with Gasteiger partial charge in [-0.25, -0.2) is 4.99 Å². The van der Waals surface area contributed by atoms with Gasteiger partial charge < -0.3 is 5.11 Å². The third kappa shape index (κ3) is 4.71. The molecular weight excluding hydrogens is 377 g/mol. The zero-order valence-electron chi connectivity index (χ0n) is 15.9. The molecule has 29 heavy (non-hydrogen) atoms. The molecule has 0 aliphatic carbocycles. The Morgan fingerprint density at radius 1 is 0.862 bits per heavy atom. The van der Waals surface area contributed by atoms with Gasteiger partial charge in [0, 0.05) is 12.1 Å². The van der Waals surface area contributed by atoms with Gasteiger partial charge in [0.05, 0.1) is 5.69 Å². The van der Waals surface area contributed by atoms with E-state index in [1.165, 1.54) is 30.6 Å². The summed E-state index contributed by atoms with van der Waals surface area (Å²) in [6.07, 6.45) is -2.03. The van der Waals surface area contributed by atoms with Gasteiger partial charge in [-0.05, 0) is 48.4 Å². The lowest BCUT2D eigenvalue weighted by molar-refractivity contribution is -0.578. The van der Waals surface area contributed by atoms with Crippen molar-refractivity contribution in [2.45, 2.75) is 20.0 Å². The number of benzene rings is 2. The summed E-state index contributed by atoms with van der Waals surface area (Å²) >= 11 is 0. The fourth-order valence-electron chi connectivity index (χ4n) is 2.80. The Morgan fingerprint density at radius 3 is 2.07 bits per heavy atom. The lowest BCUT2D eigenvalue weighted by atomic mass is 10.1. The lowest BCUT2D eigenvalue weighted by Gasteiger charge is -2.18. The molecule has 0 fully saturated rings. The van der Waals surface area contributed by atoms with Crippen LogP contribution in [-0.4, -0.2) is 11.9 Å². The standard InChI is InChI=1S/C23H19F3N2O/c1-16-11-12-19(15-17(16)2)27-22(23(24,25)26)20(28-13-7-4-8-14-28)21(29)18-9-5-3-6-10-18/h3-15H,1-2H3. The van der Waals surface area contributed by atoms with Crippen LogP contribution in [0.1, 0.15) is 16.7 Å². The van der Waals surface area contributed by atoms with Gasteiger partial charge in [0.1, 0.15) is 0 Å². The molecule has 3 nitrogen and oxygen atoms in total. The van der Waals surface area contributed by atoms with Crippen LogP contribution in [0.3, 0.4) is 0 Å². The summed E-state index contributed by atoms with van der Waals surface area (Å²) < 4.78 is 43.4. The average Bonchev–Trinajstić information content (AvgIpc) is 2.71. The maximum absolute atomic E-state index is 14.1. The van der Waals surface area contributed by atoms with E-state index in [1.54, 1.807) is 55.5 Å². The molecule has 148 valence electrons. The quantitative estimate of drug-likeness (QED) is 0.361. The maximum atomic E-state index is 14.1. The molecule has 1 heterocycles. The number of allylic oxidation sites excluding steroid dienone is 1. The van der Waals surface area contributed by atoms with Gasteiger partial charge in [-0.3, -0.25) is 0 Å². The van der Waals surface area contributed by atoms with Crippen LogP contribution in [0.25, 0.3) is 11.5 Å². The lowest BCUT2D eigenvalue weighted by Crippen LogP contribution is -2.43. The van der Waals surface area contributed by atoms with Crippen molar-refractivity contribution in [3.63, 3.8) is 0 Å². The van der Waals surface area contributed by atoms with Crippen molar-refractivity contribution in [1.29, 1.82) is 0 Å². The van der Waals surface area contributed by atoms with Crippen molar-refractivity contribution in [2.75, 3.05) is 0 Å². The highest BCUT2D eigenvalue weighted by molar-refractivity contribution is 6.24. The van der Waals surface area contributed by atoms with Gasteiger partial charge in [-0.2, -0.15) is 17.7 Å². The van der Waals surface area contributed by atoms with E-state index in [-0.39, 0.29) is 11.3 Å². The van der Waals surface area contributed by atoms with Crippen LogP contribution in [0.2, 0.25) is 0 Å². The molecule has 6 heteroatoms. The first-order chi connectivity index (χ1) is 13.8. The van der Waals surface area contributed by atoms with Crippen LogP contribution in [-0.2, 0) is 0 Å². The fourth-order valence-corrected chi connectivity index (χ4v) is 2.80. The van der Waals surface area contributed by atoms with Crippen molar-refractivity contribution in [1.82, 2.24) is 0 Å². The van der Waals surface area contributed by atoms with Crippen LogP contribution < -0.4 is 9.67 Å². The van der Waals surface area contributed by atoms with Gasteiger partial charge in [-0.15, -0.1) is 0 Å². The highest BCUT2D eigenvalue weighted by Crippen LogP contribution is 2.29. The van der Waals surface area contributed by atoms with Crippen molar-refractivity contribution in [3.8, 4) is 0 Å².